The van der Waals surface area contributed by atoms with Gasteiger partial charge in [-0.1, -0.05) is 26.7 Å². The summed E-state index contributed by atoms with van der Waals surface area (Å²) in [5.41, 5.74) is 3.71. The largest absolute Gasteiger partial charge is 0.382 e. The fourth-order valence-electron chi connectivity index (χ4n) is 2.07. The standard InChI is InChI=1S/C14H24N4O2/c1-10(2)5-4-6-11(3)16-12-7-13(17-15)9-14(8-12)18(19)20/h7-11,16-17H,4-6,15H2,1-3H3. The van der Waals surface area contributed by atoms with Crippen LogP contribution in [0.3, 0.4) is 0 Å². The van der Waals surface area contributed by atoms with Gasteiger partial charge in [-0.25, -0.2) is 0 Å². The number of nitrogens with zero attached hydrogens (tertiary/aromatic N) is 1. The fraction of sp³-hybridized carbons (Fsp3) is 0.571. The van der Waals surface area contributed by atoms with Gasteiger partial charge in [0.05, 0.1) is 10.6 Å². The van der Waals surface area contributed by atoms with Crippen molar-refractivity contribution >= 4 is 17.1 Å². The van der Waals surface area contributed by atoms with Crippen LogP contribution in [0.15, 0.2) is 18.2 Å². The second kappa shape index (κ2) is 7.69. The van der Waals surface area contributed by atoms with Crippen LogP contribution in [0.25, 0.3) is 0 Å². The van der Waals surface area contributed by atoms with Gasteiger partial charge in [-0.2, -0.15) is 0 Å². The number of nitrogens with two attached hydrogens (primary N) is 1. The van der Waals surface area contributed by atoms with Gasteiger partial charge in [0.1, 0.15) is 0 Å². The first-order valence-corrected chi connectivity index (χ1v) is 6.95. The van der Waals surface area contributed by atoms with Gasteiger partial charge in [0, 0.05) is 23.9 Å². The van der Waals surface area contributed by atoms with Crippen molar-refractivity contribution in [2.45, 2.75) is 46.1 Å². The molecular formula is C14H24N4O2. The Morgan fingerprint density at radius 3 is 2.40 bits per heavy atom. The zero-order valence-corrected chi connectivity index (χ0v) is 12.3. The zero-order valence-electron chi connectivity index (χ0n) is 12.3. The number of benzene rings is 1. The average molecular weight is 280 g/mol. The van der Waals surface area contributed by atoms with Crippen molar-refractivity contribution in [2.75, 3.05) is 10.7 Å². The predicted molar refractivity (Wildman–Crippen MR) is 82.7 cm³/mol. The lowest BCUT2D eigenvalue weighted by Gasteiger charge is -2.16. The number of non-ortho nitro benzene ring substituents is 1. The van der Waals surface area contributed by atoms with Crippen LogP contribution in [0, 0.1) is 16.0 Å². The van der Waals surface area contributed by atoms with E-state index < -0.39 is 4.92 Å². The highest BCUT2D eigenvalue weighted by atomic mass is 16.6. The Morgan fingerprint density at radius 1 is 1.20 bits per heavy atom. The van der Waals surface area contributed by atoms with E-state index in [1.54, 1.807) is 6.07 Å². The number of nitrogen functional groups attached to an aromatic ring is 1. The van der Waals surface area contributed by atoms with E-state index in [9.17, 15) is 10.1 Å². The fourth-order valence-corrected chi connectivity index (χ4v) is 2.07. The SMILES string of the molecule is CC(C)CCCC(C)Nc1cc(NN)cc([N+](=O)[O-])c1. The minimum Gasteiger partial charge on any atom is -0.382 e. The molecule has 6 heteroatoms. The molecule has 1 aromatic rings. The maximum atomic E-state index is 10.9. The Hall–Kier alpha value is -1.82. The van der Waals surface area contributed by atoms with E-state index >= 15 is 0 Å². The maximum absolute atomic E-state index is 10.9. The Morgan fingerprint density at radius 2 is 1.85 bits per heavy atom. The minimum absolute atomic E-state index is 0.0253. The molecule has 1 rings (SSSR count). The topological polar surface area (TPSA) is 93.2 Å². The first-order chi connectivity index (χ1) is 9.42. The first kappa shape index (κ1) is 16.2. The molecule has 20 heavy (non-hydrogen) atoms. The molecule has 0 aliphatic heterocycles. The summed E-state index contributed by atoms with van der Waals surface area (Å²) in [5.74, 6) is 6.03. The highest BCUT2D eigenvalue weighted by Crippen LogP contribution is 2.24. The van der Waals surface area contributed by atoms with E-state index in [0.29, 0.717) is 17.3 Å². The number of hydrogen-bond acceptors (Lipinski definition) is 5. The number of rotatable bonds is 8. The third-order valence-electron chi connectivity index (χ3n) is 3.13. The summed E-state index contributed by atoms with van der Waals surface area (Å²) in [6, 6.07) is 4.97. The Bertz CT molecular complexity index is 449. The van der Waals surface area contributed by atoms with Crippen LogP contribution < -0.4 is 16.6 Å². The summed E-state index contributed by atoms with van der Waals surface area (Å²) >= 11 is 0. The number of nitro groups is 1. The number of hydrogen-bond donors (Lipinski definition) is 3. The van der Waals surface area contributed by atoms with Crippen molar-refractivity contribution in [1.82, 2.24) is 0 Å². The molecule has 0 aliphatic carbocycles. The maximum Gasteiger partial charge on any atom is 0.273 e. The summed E-state index contributed by atoms with van der Waals surface area (Å²) in [7, 11) is 0. The van der Waals surface area contributed by atoms with Crippen LogP contribution in [-0.4, -0.2) is 11.0 Å². The summed E-state index contributed by atoms with van der Waals surface area (Å²) in [4.78, 5) is 10.4. The zero-order chi connectivity index (χ0) is 15.1. The highest BCUT2D eigenvalue weighted by Gasteiger charge is 2.11. The lowest BCUT2D eigenvalue weighted by molar-refractivity contribution is -0.384. The summed E-state index contributed by atoms with van der Waals surface area (Å²) < 4.78 is 0. The van der Waals surface area contributed by atoms with Crippen LogP contribution in [0.2, 0.25) is 0 Å². The summed E-state index contributed by atoms with van der Waals surface area (Å²) in [6.45, 7) is 6.49. The van der Waals surface area contributed by atoms with E-state index in [1.165, 1.54) is 18.6 Å². The quantitative estimate of drug-likeness (QED) is 0.385. The molecule has 6 nitrogen and oxygen atoms in total. The Kier molecular flexibility index (Phi) is 6.24. The predicted octanol–water partition coefficient (Wildman–Crippen LogP) is 3.51. The number of hydrazine groups is 1. The van der Waals surface area contributed by atoms with Crippen LogP contribution in [0.1, 0.15) is 40.0 Å². The number of anilines is 2. The van der Waals surface area contributed by atoms with Gasteiger partial charge in [0.15, 0.2) is 0 Å². The van der Waals surface area contributed by atoms with Crippen molar-refractivity contribution in [3.05, 3.63) is 28.3 Å². The van der Waals surface area contributed by atoms with Crippen molar-refractivity contribution in [3.63, 3.8) is 0 Å². The monoisotopic (exact) mass is 280 g/mol. The van der Waals surface area contributed by atoms with Crippen molar-refractivity contribution in [1.29, 1.82) is 0 Å². The summed E-state index contributed by atoms with van der Waals surface area (Å²) in [5, 5.41) is 14.1. The molecule has 0 bridgehead atoms. The van der Waals surface area contributed by atoms with Gasteiger partial charge in [-0.15, -0.1) is 0 Å². The van der Waals surface area contributed by atoms with Crippen LogP contribution in [0.5, 0.6) is 0 Å². The van der Waals surface area contributed by atoms with Crippen molar-refractivity contribution < 1.29 is 4.92 Å². The molecule has 0 radical (unpaired) electrons. The normalized spacial score (nSPS) is 12.2. The molecule has 0 aliphatic rings. The van der Waals surface area contributed by atoms with Gasteiger partial charge < -0.3 is 10.7 Å². The molecule has 0 saturated heterocycles. The van der Waals surface area contributed by atoms with Gasteiger partial charge in [-0.05, 0) is 25.3 Å². The first-order valence-electron chi connectivity index (χ1n) is 6.95. The Labute approximate surface area is 119 Å². The van der Waals surface area contributed by atoms with Gasteiger partial charge in [-0.3, -0.25) is 16.0 Å². The number of nitrogens with one attached hydrogen (secondary N) is 2. The van der Waals surface area contributed by atoms with Gasteiger partial charge in [0.2, 0.25) is 0 Å². The van der Waals surface area contributed by atoms with E-state index in [-0.39, 0.29) is 11.7 Å². The van der Waals surface area contributed by atoms with Gasteiger partial charge in [0.25, 0.3) is 5.69 Å². The molecule has 4 N–H and O–H groups in total. The Balaban J connectivity index is 2.66. The van der Waals surface area contributed by atoms with E-state index in [4.69, 9.17) is 5.84 Å². The molecule has 1 unspecified atom stereocenters. The molecule has 0 fully saturated rings. The molecule has 0 amide bonds. The molecule has 0 heterocycles. The second-order valence-corrected chi connectivity index (χ2v) is 5.54. The molecule has 112 valence electrons. The third-order valence-corrected chi connectivity index (χ3v) is 3.13. The van der Waals surface area contributed by atoms with Crippen LogP contribution in [0.4, 0.5) is 17.1 Å². The smallest absolute Gasteiger partial charge is 0.273 e. The molecule has 1 atom stereocenters. The second-order valence-electron chi connectivity index (χ2n) is 5.54. The van der Waals surface area contributed by atoms with Crippen molar-refractivity contribution in [2.24, 2.45) is 11.8 Å². The minimum atomic E-state index is -0.421. The molecule has 0 aromatic heterocycles. The van der Waals surface area contributed by atoms with E-state index in [0.717, 1.165) is 12.8 Å². The summed E-state index contributed by atoms with van der Waals surface area (Å²) in [6.07, 6.45) is 3.37. The lowest BCUT2D eigenvalue weighted by atomic mass is 10.0. The van der Waals surface area contributed by atoms with Crippen molar-refractivity contribution in [3.8, 4) is 0 Å². The average Bonchev–Trinajstić information content (AvgIpc) is 2.37. The molecule has 1 aromatic carbocycles. The van der Waals surface area contributed by atoms with Crippen LogP contribution >= 0.6 is 0 Å². The molecular weight excluding hydrogens is 256 g/mol. The van der Waals surface area contributed by atoms with Crippen LogP contribution in [-0.2, 0) is 0 Å². The van der Waals surface area contributed by atoms with E-state index in [2.05, 4.69) is 31.5 Å². The van der Waals surface area contributed by atoms with Gasteiger partial charge >= 0.3 is 0 Å². The third kappa shape index (κ3) is 5.44. The highest BCUT2D eigenvalue weighted by molar-refractivity contribution is 5.63. The lowest BCUT2D eigenvalue weighted by Crippen LogP contribution is -2.16. The molecule has 0 saturated carbocycles. The van der Waals surface area contributed by atoms with E-state index in [1.807, 2.05) is 0 Å². The number of nitro benzene ring substituents is 1. The molecule has 0 spiro atoms.